The number of fused-ring (bicyclic) bond motifs is 1. The number of rotatable bonds is 3. The smallest absolute Gasteiger partial charge is 0.115 e. The fourth-order valence-corrected chi connectivity index (χ4v) is 4.11. The van der Waals surface area contributed by atoms with Gasteiger partial charge in [0.25, 0.3) is 0 Å². The van der Waals surface area contributed by atoms with E-state index in [1.807, 2.05) is 6.07 Å². The zero-order valence-electron chi connectivity index (χ0n) is 10.5. The fraction of sp³-hybridized carbons (Fsp3) is 0.333. The molecule has 19 heavy (non-hydrogen) atoms. The van der Waals surface area contributed by atoms with E-state index in [-0.39, 0.29) is 0 Å². The summed E-state index contributed by atoms with van der Waals surface area (Å²) in [6, 6.07) is 8.19. The van der Waals surface area contributed by atoms with Gasteiger partial charge in [0, 0.05) is 21.9 Å². The molecule has 3 rings (SSSR count). The van der Waals surface area contributed by atoms with Crippen LogP contribution in [0.15, 0.2) is 34.1 Å². The Morgan fingerprint density at radius 1 is 1.37 bits per heavy atom. The van der Waals surface area contributed by atoms with Crippen molar-refractivity contribution in [2.45, 2.75) is 31.8 Å². The van der Waals surface area contributed by atoms with Crippen LogP contribution in [-0.4, -0.2) is 5.11 Å². The maximum atomic E-state index is 9.67. The molecule has 100 valence electrons. The van der Waals surface area contributed by atoms with Gasteiger partial charge in [-0.25, -0.2) is 0 Å². The molecule has 0 saturated carbocycles. The minimum atomic E-state index is 0.352. The number of aromatic hydroxyl groups is 1. The van der Waals surface area contributed by atoms with Crippen LogP contribution in [0.4, 0.5) is 0 Å². The summed E-state index contributed by atoms with van der Waals surface area (Å²) in [7, 11) is 0. The van der Waals surface area contributed by atoms with Crippen molar-refractivity contribution in [1.82, 2.24) is 5.32 Å². The molecule has 0 fully saturated rings. The van der Waals surface area contributed by atoms with E-state index in [1.54, 1.807) is 17.4 Å². The van der Waals surface area contributed by atoms with Gasteiger partial charge < -0.3 is 10.4 Å². The summed E-state index contributed by atoms with van der Waals surface area (Å²) in [5, 5.41) is 15.4. The maximum absolute atomic E-state index is 9.67. The molecule has 1 aromatic heterocycles. The van der Waals surface area contributed by atoms with Crippen molar-refractivity contribution in [3.8, 4) is 5.75 Å². The number of aryl methyl sites for hydroxylation is 1. The number of thiophene rings is 1. The van der Waals surface area contributed by atoms with Crippen molar-refractivity contribution in [2.24, 2.45) is 0 Å². The van der Waals surface area contributed by atoms with Crippen molar-refractivity contribution in [3.05, 3.63) is 50.1 Å². The van der Waals surface area contributed by atoms with E-state index in [1.165, 1.54) is 26.9 Å². The number of benzene rings is 1. The maximum Gasteiger partial charge on any atom is 0.115 e. The van der Waals surface area contributed by atoms with Gasteiger partial charge in [0.05, 0.1) is 0 Å². The second-order valence-electron chi connectivity index (χ2n) is 4.90. The molecule has 0 bridgehead atoms. The van der Waals surface area contributed by atoms with Crippen molar-refractivity contribution < 1.29 is 5.11 Å². The highest BCUT2D eigenvalue weighted by molar-refractivity contribution is 9.10. The number of nitrogens with one attached hydrogen (secondary N) is 1. The van der Waals surface area contributed by atoms with Gasteiger partial charge in [0.2, 0.25) is 0 Å². The van der Waals surface area contributed by atoms with Gasteiger partial charge in [-0.15, -0.1) is 11.3 Å². The summed E-state index contributed by atoms with van der Waals surface area (Å²) in [5.74, 6) is 0.366. The molecular weight excluding hydrogens is 322 g/mol. The fourth-order valence-electron chi connectivity index (χ4n) is 2.67. The summed E-state index contributed by atoms with van der Waals surface area (Å²) in [6.45, 7) is 0.873. The highest BCUT2D eigenvalue weighted by Crippen LogP contribution is 2.33. The molecule has 1 aliphatic rings. The summed E-state index contributed by atoms with van der Waals surface area (Å²) in [6.07, 6.45) is 3.47. The monoisotopic (exact) mass is 337 g/mol. The highest BCUT2D eigenvalue weighted by Gasteiger charge is 2.20. The highest BCUT2D eigenvalue weighted by atomic mass is 79.9. The molecular formula is C15H16BrNOS. The molecule has 0 radical (unpaired) electrons. The van der Waals surface area contributed by atoms with Crippen molar-refractivity contribution >= 4 is 27.3 Å². The molecule has 1 aromatic carbocycles. The van der Waals surface area contributed by atoms with Crippen LogP contribution in [0.25, 0.3) is 0 Å². The van der Waals surface area contributed by atoms with Gasteiger partial charge in [-0.1, -0.05) is 6.07 Å². The first-order valence-corrected chi connectivity index (χ1v) is 8.18. The van der Waals surface area contributed by atoms with Crippen molar-refractivity contribution in [2.75, 3.05) is 0 Å². The second kappa shape index (κ2) is 5.65. The largest absolute Gasteiger partial charge is 0.508 e. The van der Waals surface area contributed by atoms with Crippen LogP contribution < -0.4 is 5.32 Å². The molecule has 1 heterocycles. The average molecular weight is 338 g/mol. The lowest BCUT2D eigenvalue weighted by Gasteiger charge is -2.26. The summed E-state index contributed by atoms with van der Waals surface area (Å²) in [5.41, 5.74) is 2.63. The van der Waals surface area contributed by atoms with E-state index < -0.39 is 0 Å². The summed E-state index contributed by atoms with van der Waals surface area (Å²) in [4.78, 5) is 1.33. The molecule has 2 aromatic rings. The van der Waals surface area contributed by atoms with Crippen molar-refractivity contribution in [1.29, 1.82) is 0 Å². The molecule has 1 atom stereocenters. The SMILES string of the molecule is Oc1ccc2c(c1)C(NCc1sccc1Br)CCC2. The van der Waals surface area contributed by atoms with Gasteiger partial charge >= 0.3 is 0 Å². The van der Waals surface area contributed by atoms with Crippen LogP contribution in [0.2, 0.25) is 0 Å². The molecule has 2 nitrogen and oxygen atoms in total. The predicted octanol–water partition coefficient (Wildman–Crippen LogP) is 4.38. The predicted molar refractivity (Wildman–Crippen MR) is 82.6 cm³/mol. The Balaban J connectivity index is 1.76. The van der Waals surface area contributed by atoms with Gasteiger partial charge in [-0.05, 0) is 69.9 Å². The van der Waals surface area contributed by atoms with Crippen molar-refractivity contribution in [3.63, 3.8) is 0 Å². The normalized spacial score (nSPS) is 18.3. The Kier molecular flexibility index (Phi) is 3.91. The first-order chi connectivity index (χ1) is 9.24. The minimum absolute atomic E-state index is 0.352. The summed E-state index contributed by atoms with van der Waals surface area (Å²) >= 11 is 5.33. The van der Waals surface area contributed by atoms with Crippen LogP contribution in [0, 0.1) is 0 Å². The van der Waals surface area contributed by atoms with Crippen LogP contribution in [0.5, 0.6) is 5.75 Å². The van der Waals surface area contributed by atoms with Gasteiger partial charge in [0.15, 0.2) is 0 Å². The third-order valence-corrected chi connectivity index (χ3v) is 5.57. The first kappa shape index (κ1) is 13.2. The Labute approximate surface area is 125 Å². The topological polar surface area (TPSA) is 32.3 Å². The molecule has 0 aliphatic heterocycles. The van der Waals surface area contributed by atoms with Gasteiger partial charge in [-0.2, -0.15) is 0 Å². The average Bonchev–Trinajstić information content (AvgIpc) is 2.82. The second-order valence-corrected chi connectivity index (χ2v) is 6.76. The Bertz CT molecular complexity index is 581. The molecule has 0 saturated heterocycles. The number of phenols is 1. The zero-order valence-corrected chi connectivity index (χ0v) is 12.9. The first-order valence-electron chi connectivity index (χ1n) is 6.51. The number of hydrogen-bond donors (Lipinski definition) is 2. The number of halogens is 1. The quantitative estimate of drug-likeness (QED) is 0.870. The number of hydrogen-bond acceptors (Lipinski definition) is 3. The van der Waals surface area contributed by atoms with Gasteiger partial charge in [-0.3, -0.25) is 0 Å². The van der Waals surface area contributed by atoms with E-state index in [0.29, 0.717) is 11.8 Å². The minimum Gasteiger partial charge on any atom is -0.508 e. The Morgan fingerprint density at radius 3 is 3.05 bits per heavy atom. The van der Waals surface area contributed by atoms with E-state index in [9.17, 15) is 5.11 Å². The third kappa shape index (κ3) is 2.86. The summed E-state index contributed by atoms with van der Waals surface area (Å²) < 4.78 is 1.18. The Hall–Kier alpha value is -0.840. The Morgan fingerprint density at radius 2 is 2.26 bits per heavy atom. The molecule has 1 aliphatic carbocycles. The molecule has 0 spiro atoms. The zero-order chi connectivity index (χ0) is 13.2. The third-order valence-electron chi connectivity index (χ3n) is 3.64. The van der Waals surface area contributed by atoms with Crippen LogP contribution in [0.3, 0.4) is 0 Å². The standard InChI is InChI=1S/C15H16BrNOS/c16-13-6-7-19-15(13)9-17-14-3-1-2-10-4-5-11(18)8-12(10)14/h4-8,14,17-18H,1-3,9H2. The van der Waals surface area contributed by atoms with E-state index in [4.69, 9.17) is 0 Å². The van der Waals surface area contributed by atoms with E-state index in [0.717, 1.165) is 19.4 Å². The van der Waals surface area contributed by atoms with Crippen LogP contribution in [-0.2, 0) is 13.0 Å². The van der Waals surface area contributed by atoms with E-state index in [2.05, 4.69) is 38.8 Å². The van der Waals surface area contributed by atoms with Crippen LogP contribution >= 0.6 is 27.3 Å². The lowest BCUT2D eigenvalue weighted by atomic mass is 9.87. The lowest BCUT2D eigenvalue weighted by molar-refractivity contribution is 0.446. The molecule has 1 unspecified atom stereocenters. The molecule has 0 amide bonds. The molecule has 2 N–H and O–H groups in total. The van der Waals surface area contributed by atoms with Gasteiger partial charge in [0.1, 0.15) is 5.75 Å². The molecule has 4 heteroatoms. The van der Waals surface area contributed by atoms with E-state index >= 15 is 0 Å². The number of phenolic OH excluding ortho intramolecular Hbond substituents is 1. The van der Waals surface area contributed by atoms with Crippen LogP contribution in [0.1, 0.15) is 34.9 Å². The lowest BCUT2D eigenvalue weighted by Crippen LogP contribution is -2.24.